The zero-order valence-corrected chi connectivity index (χ0v) is 33.7. The molecule has 3 fully saturated rings. The van der Waals surface area contributed by atoms with Crippen LogP contribution in [0, 0.1) is 23.5 Å². The first-order valence-corrected chi connectivity index (χ1v) is 21.2. The van der Waals surface area contributed by atoms with Gasteiger partial charge in [0.15, 0.2) is 0 Å². The molecule has 1 aliphatic carbocycles. The number of carbonyl (C=O) groups is 2. The highest BCUT2D eigenvalue weighted by atomic mass is 19.1. The molecule has 0 spiro atoms. The average Bonchev–Trinajstić information content (AvgIpc) is 3.84. The fraction of sp³-hybridized carbons (Fsp3) is 0.294. The monoisotopic (exact) mass is 820 g/mol. The van der Waals surface area contributed by atoms with Crippen LogP contribution in [0.4, 0.5) is 8.78 Å². The van der Waals surface area contributed by atoms with Crippen molar-refractivity contribution < 1.29 is 37.4 Å². The van der Waals surface area contributed by atoms with Crippen LogP contribution in [0.5, 0.6) is 0 Å². The number of aliphatic carboxylic acids is 2. The molecular weight excluding hydrogens is 775 g/mol. The van der Waals surface area contributed by atoms with E-state index in [0.29, 0.717) is 79.3 Å². The number of benzene rings is 5. The van der Waals surface area contributed by atoms with Crippen LogP contribution < -0.4 is 0 Å². The molecule has 4 heterocycles. The number of furan rings is 2. The van der Waals surface area contributed by atoms with Crippen molar-refractivity contribution in [1.82, 2.24) is 9.80 Å². The molecule has 8 nitrogen and oxygen atoms in total. The van der Waals surface area contributed by atoms with Crippen molar-refractivity contribution in [3.63, 3.8) is 0 Å². The van der Waals surface area contributed by atoms with Gasteiger partial charge in [-0.25, -0.2) is 8.78 Å². The summed E-state index contributed by atoms with van der Waals surface area (Å²) in [4.78, 5) is 26.3. The van der Waals surface area contributed by atoms with Gasteiger partial charge in [-0.15, -0.1) is 0 Å². The summed E-state index contributed by atoms with van der Waals surface area (Å²) in [6, 6.07) is 35.6. The summed E-state index contributed by atoms with van der Waals surface area (Å²) in [5.74, 6) is -1.18. The molecule has 2 saturated heterocycles. The van der Waals surface area contributed by atoms with Gasteiger partial charge in [0, 0.05) is 50.0 Å². The Labute approximate surface area is 352 Å². The Hall–Kier alpha value is -6.10. The summed E-state index contributed by atoms with van der Waals surface area (Å²) in [5.41, 5.74) is 8.87. The molecule has 1 saturated carbocycles. The minimum absolute atomic E-state index is 0.346. The van der Waals surface area contributed by atoms with E-state index in [1.165, 1.54) is 28.8 Å². The van der Waals surface area contributed by atoms with Crippen LogP contribution in [0.25, 0.3) is 44.6 Å². The molecule has 2 atom stereocenters. The smallest absolute Gasteiger partial charge is 0.309 e. The van der Waals surface area contributed by atoms with E-state index >= 15 is 8.78 Å². The summed E-state index contributed by atoms with van der Waals surface area (Å²) < 4.78 is 42.9. The van der Waals surface area contributed by atoms with Crippen LogP contribution in [0.3, 0.4) is 0 Å². The lowest BCUT2D eigenvalue weighted by Crippen LogP contribution is -2.49. The van der Waals surface area contributed by atoms with Crippen LogP contribution in [0.15, 0.2) is 118 Å². The van der Waals surface area contributed by atoms with Crippen molar-refractivity contribution >= 4 is 33.9 Å². The van der Waals surface area contributed by atoms with E-state index in [1.54, 1.807) is 12.1 Å². The van der Waals surface area contributed by atoms with Crippen molar-refractivity contribution in [2.45, 2.75) is 57.0 Å². The molecule has 0 bridgehead atoms. The number of halogens is 2. The molecule has 7 aromatic rings. The Morgan fingerprint density at radius 3 is 1.64 bits per heavy atom. The van der Waals surface area contributed by atoms with Gasteiger partial charge in [0.1, 0.15) is 34.3 Å². The number of nitrogens with zero attached hydrogens (tertiary/aromatic N) is 2. The number of rotatable bonds is 12. The number of carboxylic acids is 2. The molecule has 0 radical (unpaired) electrons. The average molecular weight is 821 g/mol. The molecule has 2 unspecified atom stereocenters. The molecule has 10 rings (SSSR count). The van der Waals surface area contributed by atoms with Gasteiger partial charge in [0.25, 0.3) is 0 Å². The number of hydrogen-bond donors (Lipinski definition) is 2. The van der Waals surface area contributed by atoms with Crippen LogP contribution in [-0.4, -0.2) is 58.1 Å². The minimum atomic E-state index is -0.785. The lowest BCUT2D eigenvalue weighted by molar-refractivity contribution is -0.148. The summed E-state index contributed by atoms with van der Waals surface area (Å²) in [6.45, 7) is 2.96. The highest BCUT2D eigenvalue weighted by Gasteiger charge is 2.33. The summed E-state index contributed by atoms with van der Waals surface area (Å²) in [5, 5.41) is 20.2. The van der Waals surface area contributed by atoms with Crippen LogP contribution >= 0.6 is 0 Å². The van der Waals surface area contributed by atoms with E-state index in [9.17, 15) is 9.59 Å². The second-order valence-corrected chi connectivity index (χ2v) is 17.5. The van der Waals surface area contributed by atoms with Crippen molar-refractivity contribution in [3.8, 4) is 22.6 Å². The van der Waals surface area contributed by atoms with Gasteiger partial charge in [-0.1, -0.05) is 55.0 Å². The predicted octanol–water partition coefficient (Wildman–Crippen LogP) is 10.9. The lowest BCUT2D eigenvalue weighted by atomic mass is 9.75. The maximum absolute atomic E-state index is 15.4. The standard InChI is InChI=1S/C51H46F2N2O6/c52-44-18-32(24-54-26-40(27-54)50(56)57)7-11-42(44)48-22-38-17-31(9-13-46(38)60-48)15-30-3-1-4-34(16-30)35-5-2-6-36(20-35)37-10-14-47-39(21-37)23-49(61-47)43-12-8-33(19-45(43)53)25-55-28-41(29-55)51(58)59/h1,3-4,7-14,16-19,21-23,35-36,40-41H,2,5-6,15,20,24-29H2,(H,56,57)(H,58,59). The number of likely N-dealkylation sites (tertiary alicyclic amines) is 2. The zero-order chi connectivity index (χ0) is 41.8. The molecule has 2 aromatic heterocycles. The fourth-order valence-electron chi connectivity index (χ4n) is 9.71. The van der Waals surface area contributed by atoms with Gasteiger partial charge in [-0.3, -0.25) is 19.4 Å². The summed E-state index contributed by atoms with van der Waals surface area (Å²) in [6.07, 6.45) is 5.19. The normalized spacial score (nSPS) is 19.0. The SMILES string of the molecule is O=C(O)C1CN(Cc2ccc(-c3cc4cc(Cc5cccc(C6CCCC(c7ccc8oc(-c9ccc(CN%10CC(C(=O)O)C%10)cc9F)cc8c7)C6)c5)ccc4o3)c(F)c2)C1. The van der Waals surface area contributed by atoms with Gasteiger partial charge in [-0.05, 0) is 132 Å². The maximum atomic E-state index is 15.4. The Morgan fingerprint density at radius 2 is 1.08 bits per heavy atom. The largest absolute Gasteiger partial charge is 0.481 e. The molecule has 3 aliphatic rings. The maximum Gasteiger partial charge on any atom is 0.309 e. The Bertz CT molecular complexity index is 2800. The first-order valence-electron chi connectivity index (χ1n) is 21.2. The van der Waals surface area contributed by atoms with Crippen molar-refractivity contribution in [2.24, 2.45) is 11.8 Å². The van der Waals surface area contributed by atoms with E-state index in [4.69, 9.17) is 19.0 Å². The van der Waals surface area contributed by atoms with Crippen LogP contribution in [0.2, 0.25) is 0 Å². The highest BCUT2D eigenvalue weighted by molar-refractivity contribution is 5.85. The van der Waals surface area contributed by atoms with Gasteiger partial charge in [-0.2, -0.15) is 0 Å². The molecule has 310 valence electrons. The fourth-order valence-corrected chi connectivity index (χ4v) is 9.71. The van der Waals surface area contributed by atoms with Gasteiger partial charge in [0.2, 0.25) is 0 Å². The minimum Gasteiger partial charge on any atom is -0.481 e. The molecule has 10 heteroatoms. The van der Waals surface area contributed by atoms with E-state index in [-0.39, 0.29) is 23.5 Å². The van der Waals surface area contributed by atoms with Crippen LogP contribution in [0.1, 0.15) is 70.9 Å². The number of hydrogen-bond acceptors (Lipinski definition) is 6. The Morgan fingerprint density at radius 1 is 0.574 bits per heavy atom. The van der Waals surface area contributed by atoms with E-state index in [2.05, 4.69) is 48.5 Å². The summed E-state index contributed by atoms with van der Waals surface area (Å²) >= 11 is 0. The van der Waals surface area contributed by atoms with Gasteiger partial charge < -0.3 is 19.0 Å². The van der Waals surface area contributed by atoms with Gasteiger partial charge in [0.05, 0.1) is 23.0 Å². The molecule has 2 aliphatic heterocycles. The predicted molar refractivity (Wildman–Crippen MR) is 229 cm³/mol. The molecular formula is C51H46F2N2O6. The third-order valence-corrected chi connectivity index (χ3v) is 13.1. The van der Waals surface area contributed by atoms with E-state index in [0.717, 1.165) is 65.1 Å². The summed E-state index contributed by atoms with van der Waals surface area (Å²) in [7, 11) is 0. The topological polar surface area (TPSA) is 107 Å². The van der Waals surface area contributed by atoms with Crippen LogP contribution in [-0.2, 0) is 29.1 Å². The molecule has 2 N–H and O–H groups in total. The zero-order valence-electron chi connectivity index (χ0n) is 33.7. The van der Waals surface area contributed by atoms with Crippen molar-refractivity contribution in [3.05, 3.63) is 154 Å². The molecule has 5 aromatic carbocycles. The lowest BCUT2D eigenvalue weighted by Gasteiger charge is -2.36. The molecule has 0 amide bonds. The van der Waals surface area contributed by atoms with E-state index < -0.39 is 11.9 Å². The number of carboxylic acid groups (broad SMARTS) is 2. The van der Waals surface area contributed by atoms with Gasteiger partial charge >= 0.3 is 11.9 Å². The van der Waals surface area contributed by atoms with Crippen molar-refractivity contribution in [2.75, 3.05) is 26.2 Å². The third kappa shape index (κ3) is 8.10. The second-order valence-electron chi connectivity index (χ2n) is 17.5. The molecule has 61 heavy (non-hydrogen) atoms. The van der Waals surface area contributed by atoms with Crippen molar-refractivity contribution in [1.29, 1.82) is 0 Å². The Balaban J connectivity index is 0.786. The first kappa shape index (κ1) is 39.1. The quantitative estimate of drug-likeness (QED) is 0.125. The number of fused-ring (bicyclic) bond motifs is 2. The van der Waals surface area contributed by atoms with E-state index in [1.807, 2.05) is 46.2 Å². The second kappa shape index (κ2) is 16.1. The Kier molecular flexibility index (Phi) is 10.3. The third-order valence-electron chi connectivity index (χ3n) is 13.1. The first-order chi connectivity index (χ1) is 29.6. The highest BCUT2D eigenvalue weighted by Crippen LogP contribution is 2.43.